The van der Waals surface area contributed by atoms with E-state index >= 15 is 0 Å². The summed E-state index contributed by atoms with van der Waals surface area (Å²) in [5.74, 6) is 0.234. The molecule has 0 saturated heterocycles. The van der Waals surface area contributed by atoms with Gasteiger partial charge in [-0.15, -0.1) is 0 Å². The molecule has 15 heavy (non-hydrogen) atoms. The molecule has 0 radical (unpaired) electrons. The molecule has 0 spiro atoms. The molecule has 0 amide bonds. The van der Waals surface area contributed by atoms with E-state index in [1.807, 2.05) is 13.8 Å². The van der Waals surface area contributed by atoms with E-state index in [0.717, 1.165) is 0 Å². The minimum absolute atomic E-state index is 0.0948. The molecule has 0 aromatic carbocycles. The Morgan fingerprint density at radius 2 is 2.07 bits per heavy atom. The van der Waals surface area contributed by atoms with Gasteiger partial charge in [0.15, 0.2) is 0 Å². The minimum atomic E-state index is -0.278. The van der Waals surface area contributed by atoms with Gasteiger partial charge in [0.1, 0.15) is 6.54 Å². The molecular formula is C10H15N3O2. The normalized spacial score (nSPS) is 10.1. The van der Waals surface area contributed by atoms with E-state index in [4.69, 9.17) is 4.74 Å². The molecule has 1 aromatic heterocycles. The highest BCUT2D eigenvalue weighted by atomic mass is 16.5. The molecule has 0 unspecified atom stereocenters. The van der Waals surface area contributed by atoms with Gasteiger partial charge < -0.3 is 9.64 Å². The Bertz CT molecular complexity index is 314. The summed E-state index contributed by atoms with van der Waals surface area (Å²) in [4.78, 5) is 21.0. The van der Waals surface area contributed by atoms with Crippen molar-refractivity contribution in [3.05, 3.63) is 18.5 Å². The van der Waals surface area contributed by atoms with Crippen molar-refractivity contribution in [3.63, 3.8) is 0 Å². The fraction of sp³-hybridized carbons (Fsp3) is 0.500. The predicted molar refractivity (Wildman–Crippen MR) is 56.5 cm³/mol. The molecule has 5 nitrogen and oxygen atoms in total. The monoisotopic (exact) mass is 209 g/mol. The summed E-state index contributed by atoms with van der Waals surface area (Å²) in [6, 6.07) is 1.73. The number of anilines is 1. The molecule has 82 valence electrons. The van der Waals surface area contributed by atoms with Gasteiger partial charge in [0.25, 0.3) is 0 Å². The Kier molecular flexibility index (Phi) is 4.03. The van der Waals surface area contributed by atoms with Crippen LogP contribution in [0.2, 0.25) is 0 Å². The third kappa shape index (κ3) is 3.93. The van der Waals surface area contributed by atoms with Crippen LogP contribution in [0.4, 0.5) is 5.95 Å². The number of esters is 1. The molecule has 5 heteroatoms. The maximum Gasteiger partial charge on any atom is 0.325 e. The van der Waals surface area contributed by atoms with Crippen LogP contribution in [0.1, 0.15) is 13.8 Å². The highest BCUT2D eigenvalue weighted by molar-refractivity contribution is 5.74. The lowest BCUT2D eigenvalue weighted by Crippen LogP contribution is -2.29. The van der Waals surface area contributed by atoms with Crippen molar-refractivity contribution in [1.82, 2.24) is 9.97 Å². The zero-order chi connectivity index (χ0) is 11.3. The van der Waals surface area contributed by atoms with E-state index in [9.17, 15) is 4.79 Å². The average molecular weight is 209 g/mol. The first-order valence-corrected chi connectivity index (χ1v) is 4.77. The first-order chi connectivity index (χ1) is 7.09. The summed E-state index contributed by atoms with van der Waals surface area (Å²) in [7, 11) is 1.75. The highest BCUT2D eigenvalue weighted by Crippen LogP contribution is 2.02. The smallest absolute Gasteiger partial charge is 0.325 e. The lowest BCUT2D eigenvalue weighted by molar-refractivity contribution is -0.145. The van der Waals surface area contributed by atoms with E-state index in [-0.39, 0.29) is 18.6 Å². The summed E-state index contributed by atoms with van der Waals surface area (Å²) >= 11 is 0. The Balaban J connectivity index is 2.49. The Hall–Kier alpha value is -1.65. The van der Waals surface area contributed by atoms with Gasteiger partial charge >= 0.3 is 5.97 Å². The second kappa shape index (κ2) is 5.29. The number of rotatable bonds is 4. The van der Waals surface area contributed by atoms with Crippen LogP contribution in [-0.2, 0) is 9.53 Å². The number of likely N-dealkylation sites (N-methyl/N-ethyl adjacent to an activating group) is 1. The molecule has 1 rings (SSSR count). The molecule has 1 aromatic rings. The maximum absolute atomic E-state index is 11.3. The number of hydrogen-bond donors (Lipinski definition) is 0. The Labute approximate surface area is 89.1 Å². The maximum atomic E-state index is 11.3. The molecule has 0 aliphatic rings. The minimum Gasteiger partial charge on any atom is -0.462 e. The van der Waals surface area contributed by atoms with E-state index < -0.39 is 0 Å². The summed E-state index contributed by atoms with van der Waals surface area (Å²) in [5.41, 5.74) is 0. The van der Waals surface area contributed by atoms with Crippen LogP contribution < -0.4 is 4.90 Å². The van der Waals surface area contributed by atoms with Crippen molar-refractivity contribution in [2.45, 2.75) is 20.0 Å². The van der Waals surface area contributed by atoms with Crippen molar-refractivity contribution in [3.8, 4) is 0 Å². The summed E-state index contributed by atoms with van der Waals surface area (Å²) in [6.45, 7) is 3.79. The van der Waals surface area contributed by atoms with Gasteiger partial charge in [-0.1, -0.05) is 0 Å². The summed E-state index contributed by atoms with van der Waals surface area (Å²) in [5, 5.41) is 0. The zero-order valence-corrected chi connectivity index (χ0v) is 9.17. The molecule has 0 N–H and O–H groups in total. The van der Waals surface area contributed by atoms with Crippen LogP contribution in [0.25, 0.3) is 0 Å². The van der Waals surface area contributed by atoms with Crippen molar-refractivity contribution in [2.75, 3.05) is 18.5 Å². The van der Waals surface area contributed by atoms with E-state index in [1.165, 1.54) is 0 Å². The van der Waals surface area contributed by atoms with Crippen LogP contribution >= 0.6 is 0 Å². The number of ether oxygens (including phenoxy) is 1. The number of carbonyl (C=O) groups is 1. The van der Waals surface area contributed by atoms with Crippen molar-refractivity contribution in [1.29, 1.82) is 0 Å². The van der Waals surface area contributed by atoms with E-state index in [1.54, 1.807) is 30.4 Å². The van der Waals surface area contributed by atoms with Crippen LogP contribution in [-0.4, -0.2) is 35.6 Å². The predicted octanol–water partition coefficient (Wildman–Crippen LogP) is 0.864. The first kappa shape index (κ1) is 11.4. The fourth-order valence-corrected chi connectivity index (χ4v) is 1.05. The van der Waals surface area contributed by atoms with Crippen LogP contribution in [0.15, 0.2) is 18.5 Å². The largest absolute Gasteiger partial charge is 0.462 e. The van der Waals surface area contributed by atoms with Gasteiger partial charge in [-0.05, 0) is 19.9 Å². The average Bonchev–Trinajstić information content (AvgIpc) is 2.17. The van der Waals surface area contributed by atoms with E-state index in [2.05, 4.69) is 9.97 Å². The topological polar surface area (TPSA) is 55.3 Å². The van der Waals surface area contributed by atoms with Gasteiger partial charge in [0.05, 0.1) is 6.10 Å². The van der Waals surface area contributed by atoms with Crippen molar-refractivity contribution >= 4 is 11.9 Å². The van der Waals surface area contributed by atoms with Crippen LogP contribution in [0.5, 0.6) is 0 Å². The number of hydrogen-bond acceptors (Lipinski definition) is 5. The van der Waals surface area contributed by atoms with Crippen molar-refractivity contribution in [2.24, 2.45) is 0 Å². The fourth-order valence-electron chi connectivity index (χ4n) is 1.05. The molecular weight excluding hydrogens is 194 g/mol. The SMILES string of the molecule is CC(C)OC(=O)CN(C)c1ncccn1. The van der Waals surface area contributed by atoms with Gasteiger partial charge in [-0.25, -0.2) is 9.97 Å². The lowest BCUT2D eigenvalue weighted by Gasteiger charge is -2.16. The molecule has 0 bridgehead atoms. The Morgan fingerprint density at radius 1 is 1.47 bits per heavy atom. The number of carbonyl (C=O) groups excluding carboxylic acids is 1. The van der Waals surface area contributed by atoms with E-state index in [0.29, 0.717) is 5.95 Å². The number of aromatic nitrogens is 2. The highest BCUT2D eigenvalue weighted by Gasteiger charge is 2.11. The molecule has 0 fully saturated rings. The second-order valence-electron chi connectivity index (χ2n) is 3.44. The molecule has 0 saturated carbocycles. The van der Waals surface area contributed by atoms with Crippen LogP contribution in [0, 0.1) is 0 Å². The molecule has 0 aliphatic heterocycles. The summed E-state index contributed by atoms with van der Waals surface area (Å²) in [6.07, 6.45) is 3.17. The quantitative estimate of drug-likeness (QED) is 0.688. The van der Waals surface area contributed by atoms with Gasteiger partial charge in [0, 0.05) is 19.4 Å². The standard InChI is InChI=1S/C10H15N3O2/c1-8(2)15-9(14)7-13(3)10-11-5-4-6-12-10/h4-6,8H,7H2,1-3H3. The third-order valence-corrected chi connectivity index (χ3v) is 1.63. The Morgan fingerprint density at radius 3 is 2.60 bits per heavy atom. The summed E-state index contributed by atoms with van der Waals surface area (Å²) < 4.78 is 5.01. The van der Waals surface area contributed by atoms with Crippen LogP contribution in [0.3, 0.4) is 0 Å². The molecule has 1 heterocycles. The van der Waals surface area contributed by atoms with Gasteiger partial charge in [-0.3, -0.25) is 4.79 Å². The molecule has 0 atom stereocenters. The van der Waals surface area contributed by atoms with Gasteiger partial charge in [-0.2, -0.15) is 0 Å². The second-order valence-corrected chi connectivity index (χ2v) is 3.44. The zero-order valence-electron chi connectivity index (χ0n) is 9.17. The van der Waals surface area contributed by atoms with Crippen molar-refractivity contribution < 1.29 is 9.53 Å². The first-order valence-electron chi connectivity index (χ1n) is 4.77. The molecule has 0 aliphatic carbocycles. The third-order valence-electron chi connectivity index (χ3n) is 1.63. The van der Waals surface area contributed by atoms with Gasteiger partial charge in [0.2, 0.25) is 5.95 Å². The lowest BCUT2D eigenvalue weighted by atomic mass is 10.5. The number of nitrogens with zero attached hydrogens (tertiary/aromatic N) is 3.